The van der Waals surface area contributed by atoms with Crippen LogP contribution in [0.15, 0.2) is 36.5 Å². The third kappa shape index (κ3) is 1.36. The van der Waals surface area contributed by atoms with Crippen molar-refractivity contribution in [2.24, 2.45) is 7.05 Å². The number of aromatic nitrogens is 2. The van der Waals surface area contributed by atoms with E-state index in [2.05, 4.69) is 40.7 Å². The Morgan fingerprint density at radius 1 is 1.33 bits per heavy atom. The summed E-state index contributed by atoms with van der Waals surface area (Å²) in [5.41, 5.74) is 3.84. The summed E-state index contributed by atoms with van der Waals surface area (Å²) in [5.74, 6) is 0. The van der Waals surface area contributed by atoms with Gasteiger partial charge in [-0.05, 0) is 17.2 Å². The highest BCUT2D eigenvalue weighted by Crippen LogP contribution is 2.29. The Kier molecular flexibility index (Phi) is 1.86. The SMILES string of the molecule is Cn1ccc(C2NCc3ccccc32)n1. The van der Waals surface area contributed by atoms with Gasteiger partial charge in [-0.1, -0.05) is 24.3 Å². The lowest BCUT2D eigenvalue weighted by Gasteiger charge is -2.08. The maximum atomic E-state index is 4.45. The second kappa shape index (κ2) is 3.21. The number of nitrogens with one attached hydrogen (secondary N) is 1. The van der Waals surface area contributed by atoms with Crippen LogP contribution < -0.4 is 5.32 Å². The fraction of sp³-hybridized carbons (Fsp3) is 0.250. The van der Waals surface area contributed by atoms with E-state index in [1.54, 1.807) is 0 Å². The minimum Gasteiger partial charge on any atom is -0.301 e. The molecule has 1 atom stereocenters. The van der Waals surface area contributed by atoms with Gasteiger partial charge < -0.3 is 5.32 Å². The molecule has 0 radical (unpaired) electrons. The van der Waals surface area contributed by atoms with Crippen LogP contribution in [0, 0.1) is 0 Å². The monoisotopic (exact) mass is 199 g/mol. The van der Waals surface area contributed by atoms with Crippen molar-refractivity contribution in [1.82, 2.24) is 15.1 Å². The predicted octanol–water partition coefficient (Wildman–Crippen LogP) is 1.61. The van der Waals surface area contributed by atoms with Gasteiger partial charge in [0.05, 0.1) is 11.7 Å². The first kappa shape index (κ1) is 8.68. The van der Waals surface area contributed by atoms with Gasteiger partial charge in [0.1, 0.15) is 0 Å². The summed E-state index contributed by atoms with van der Waals surface area (Å²) in [6.07, 6.45) is 1.98. The molecule has 0 aliphatic carbocycles. The van der Waals surface area contributed by atoms with Crippen molar-refractivity contribution < 1.29 is 0 Å². The van der Waals surface area contributed by atoms with Gasteiger partial charge in [0.2, 0.25) is 0 Å². The van der Waals surface area contributed by atoms with Crippen LogP contribution in [-0.2, 0) is 13.6 Å². The summed E-state index contributed by atoms with van der Waals surface area (Å²) in [5, 5.41) is 7.92. The van der Waals surface area contributed by atoms with Crippen LogP contribution in [0.25, 0.3) is 0 Å². The maximum Gasteiger partial charge on any atom is 0.0839 e. The van der Waals surface area contributed by atoms with Crippen molar-refractivity contribution in [3.05, 3.63) is 53.3 Å². The van der Waals surface area contributed by atoms with Crippen LogP contribution in [-0.4, -0.2) is 9.78 Å². The van der Waals surface area contributed by atoms with E-state index in [1.807, 2.05) is 17.9 Å². The highest BCUT2D eigenvalue weighted by molar-refractivity contribution is 5.38. The normalized spacial score (nSPS) is 19.1. The standard InChI is InChI=1S/C12H13N3/c1-15-7-6-11(14-15)12-10-5-3-2-4-9(10)8-13-12/h2-7,12-13H,8H2,1H3. The molecule has 15 heavy (non-hydrogen) atoms. The van der Waals surface area contributed by atoms with Gasteiger partial charge in [-0.25, -0.2) is 0 Å². The minimum absolute atomic E-state index is 0.266. The summed E-state index contributed by atoms with van der Waals surface area (Å²) in [6, 6.07) is 10.9. The van der Waals surface area contributed by atoms with E-state index in [0.29, 0.717) is 0 Å². The Morgan fingerprint density at radius 2 is 2.20 bits per heavy atom. The average molecular weight is 199 g/mol. The van der Waals surface area contributed by atoms with E-state index in [9.17, 15) is 0 Å². The van der Waals surface area contributed by atoms with Gasteiger partial charge in [0.15, 0.2) is 0 Å². The summed E-state index contributed by atoms with van der Waals surface area (Å²) < 4.78 is 1.85. The number of nitrogens with zero attached hydrogens (tertiary/aromatic N) is 2. The third-order valence-electron chi connectivity index (χ3n) is 2.89. The largest absolute Gasteiger partial charge is 0.301 e. The molecule has 0 bridgehead atoms. The number of benzene rings is 1. The Morgan fingerprint density at radius 3 is 3.00 bits per heavy atom. The minimum atomic E-state index is 0.266. The highest BCUT2D eigenvalue weighted by atomic mass is 15.3. The van der Waals surface area contributed by atoms with E-state index in [0.717, 1.165) is 12.2 Å². The maximum absolute atomic E-state index is 4.45. The van der Waals surface area contributed by atoms with E-state index in [4.69, 9.17) is 0 Å². The number of rotatable bonds is 1. The number of hydrogen-bond acceptors (Lipinski definition) is 2. The molecule has 3 nitrogen and oxygen atoms in total. The molecule has 1 unspecified atom stereocenters. The molecule has 2 heterocycles. The summed E-state index contributed by atoms with van der Waals surface area (Å²) >= 11 is 0. The zero-order valence-corrected chi connectivity index (χ0v) is 8.64. The van der Waals surface area contributed by atoms with Gasteiger partial charge in [-0.3, -0.25) is 4.68 Å². The van der Waals surface area contributed by atoms with Crippen LogP contribution in [0.5, 0.6) is 0 Å². The molecule has 1 aliphatic rings. The second-order valence-electron chi connectivity index (χ2n) is 3.93. The average Bonchev–Trinajstić information content (AvgIpc) is 2.83. The number of fused-ring (bicyclic) bond motifs is 1. The Hall–Kier alpha value is -1.61. The van der Waals surface area contributed by atoms with Crippen LogP contribution in [0.1, 0.15) is 22.9 Å². The lowest BCUT2D eigenvalue weighted by molar-refractivity contribution is 0.628. The van der Waals surface area contributed by atoms with E-state index < -0.39 is 0 Å². The molecule has 2 aromatic rings. The Bertz CT molecular complexity index is 487. The van der Waals surface area contributed by atoms with E-state index in [1.165, 1.54) is 11.1 Å². The molecule has 1 aliphatic heterocycles. The lowest BCUT2D eigenvalue weighted by Crippen LogP contribution is -2.14. The molecule has 1 aromatic heterocycles. The molecule has 3 rings (SSSR count). The smallest absolute Gasteiger partial charge is 0.0839 e. The third-order valence-corrected chi connectivity index (χ3v) is 2.89. The lowest BCUT2D eigenvalue weighted by atomic mass is 10.0. The van der Waals surface area contributed by atoms with Crippen LogP contribution in [0.2, 0.25) is 0 Å². The van der Waals surface area contributed by atoms with Crippen LogP contribution >= 0.6 is 0 Å². The summed E-state index contributed by atoms with van der Waals surface area (Å²) in [7, 11) is 1.95. The molecule has 1 aromatic carbocycles. The second-order valence-corrected chi connectivity index (χ2v) is 3.93. The zero-order valence-electron chi connectivity index (χ0n) is 8.64. The fourth-order valence-corrected chi connectivity index (χ4v) is 2.15. The van der Waals surface area contributed by atoms with E-state index >= 15 is 0 Å². The van der Waals surface area contributed by atoms with Gasteiger partial charge in [0, 0.05) is 19.8 Å². The number of aryl methyl sites for hydroxylation is 1. The molecular weight excluding hydrogens is 186 g/mol. The highest BCUT2D eigenvalue weighted by Gasteiger charge is 2.24. The zero-order chi connectivity index (χ0) is 10.3. The molecule has 3 heteroatoms. The van der Waals surface area contributed by atoms with Crippen molar-refractivity contribution in [1.29, 1.82) is 0 Å². The first-order valence-corrected chi connectivity index (χ1v) is 5.15. The van der Waals surface area contributed by atoms with Gasteiger partial charge in [0.25, 0.3) is 0 Å². The molecule has 0 saturated heterocycles. The van der Waals surface area contributed by atoms with Crippen molar-refractivity contribution in [3.8, 4) is 0 Å². The summed E-state index contributed by atoms with van der Waals surface area (Å²) in [6.45, 7) is 0.942. The van der Waals surface area contributed by atoms with Gasteiger partial charge in [-0.2, -0.15) is 5.10 Å². The molecule has 76 valence electrons. The van der Waals surface area contributed by atoms with Crippen molar-refractivity contribution in [2.75, 3.05) is 0 Å². The first-order valence-electron chi connectivity index (χ1n) is 5.15. The van der Waals surface area contributed by atoms with Gasteiger partial charge in [-0.15, -0.1) is 0 Å². The molecule has 0 fully saturated rings. The molecule has 0 spiro atoms. The fourth-order valence-electron chi connectivity index (χ4n) is 2.15. The molecular formula is C12H13N3. The van der Waals surface area contributed by atoms with Gasteiger partial charge >= 0.3 is 0 Å². The number of hydrogen-bond donors (Lipinski definition) is 1. The van der Waals surface area contributed by atoms with Crippen LogP contribution in [0.4, 0.5) is 0 Å². The summed E-state index contributed by atoms with van der Waals surface area (Å²) in [4.78, 5) is 0. The van der Waals surface area contributed by atoms with Crippen molar-refractivity contribution in [3.63, 3.8) is 0 Å². The quantitative estimate of drug-likeness (QED) is 0.756. The first-order chi connectivity index (χ1) is 7.34. The Balaban J connectivity index is 2.04. The molecule has 1 N–H and O–H groups in total. The molecule has 0 amide bonds. The topological polar surface area (TPSA) is 29.9 Å². The Labute approximate surface area is 88.7 Å². The van der Waals surface area contributed by atoms with E-state index in [-0.39, 0.29) is 6.04 Å². The van der Waals surface area contributed by atoms with Crippen molar-refractivity contribution in [2.45, 2.75) is 12.6 Å². The van der Waals surface area contributed by atoms with Crippen LogP contribution in [0.3, 0.4) is 0 Å². The molecule has 0 saturated carbocycles. The predicted molar refractivity (Wildman–Crippen MR) is 58.3 cm³/mol. The van der Waals surface area contributed by atoms with Crippen molar-refractivity contribution >= 4 is 0 Å².